The van der Waals surface area contributed by atoms with Crippen LogP contribution in [0.5, 0.6) is 0 Å². The molecule has 0 saturated carbocycles. The van der Waals surface area contributed by atoms with Crippen LogP contribution in [0.25, 0.3) is 0 Å². The first-order valence-corrected chi connectivity index (χ1v) is 10.3. The van der Waals surface area contributed by atoms with Crippen LogP contribution in [-0.4, -0.2) is 53.7 Å². The molecule has 0 aromatic carbocycles. The van der Waals surface area contributed by atoms with Gasteiger partial charge in [0.15, 0.2) is 15.7 Å². The normalized spacial score (nSPS) is 18.0. The quantitative estimate of drug-likeness (QED) is 0.673. The van der Waals surface area contributed by atoms with Gasteiger partial charge in [-0.25, -0.2) is 17.5 Å². The Morgan fingerprint density at radius 1 is 1.32 bits per heavy atom. The molecule has 0 atom stereocenters. The fourth-order valence-electron chi connectivity index (χ4n) is 3.20. The monoisotopic (exact) mass is 407 g/mol. The molecule has 0 radical (unpaired) electrons. The highest BCUT2D eigenvalue weighted by Crippen LogP contribution is 2.30. The average molecular weight is 407 g/mol. The Bertz CT molecular complexity index is 1070. The summed E-state index contributed by atoms with van der Waals surface area (Å²) in [5.74, 6) is -0.594. The Hall–Kier alpha value is -3.15. The summed E-state index contributed by atoms with van der Waals surface area (Å²) < 4.78 is 38.0. The van der Waals surface area contributed by atoms with Crippen molar-refractivity contribution in [3.05, 3.63) is 36.1 Å². The molecule has 10 nitrogen and oxygen atoms in total. The predicted molar refractivity (Wildman–Crippen MR) is 103 cm³/mol. The number of hydrogen-bond donors (Lipinski definition) is 3. The first kappa shape index (κ1) is 18.2. The molecule has 4 heterocycles. The van der Waals surface area contributed by atoms with E-state index in [-0.39, 0.29) is 29.4 Å². The predicted octanol–water partition coefficient (Wildman–Crippen LogP) is 0.584. The van der Waals surface area contributed by atoms with Crippen molar-refractivity contribution in [2.24, 2.45) is 0 Å². The lowest BCUT2D eigenvalue weighted by Crippen LogP contribution is -2.40. The Kier molecular flexibility index (Phi) is 4.41. The molecule has 12 heteroatoms. The van der Waals surface area contributed by atoms with Crippen LogP contribution >= 0.6 is 0 Å². The van der Waals surface area contributed by atoms with E-state index >= 15 is 0 Å². The van der Waals surface area contributed by atoms with Gasteiger partial charge in [-0.05, 0) is 6.07 Å². The van der Waals surface area contributed by atoms with Gasteiger partial charge in [-0.2, -0.15) is 5.10 Å². The number of allylic oxidation sites excluding steroid dienone is 1. The zero-order chi connectivity index (χ0) is 19.9. The number of carbonyl (C=O) groups is 1. The zero-order valence-electron chi connectivity index (χ0n) is 14.7. The maximum absolute atomic E-state index is 13.4. The third-order valence-electron chi connectivity index (χ3n) is 4.60. The summed E-state index contributed by atoms with van der Waals surface area (Å²) in [5.41, 5.74) is 7.04. The highest BCUT2D eigenvalue weighted by Gasteiger charge is 2.27. The lowest BCUT2D eigenvalue weighted by Gasteiger charge is -2.30. The van der Waals surface area contributed by atoms with Gasteiger partial charge in [-0.1, -0.05) is 0 Å². The number of nitrogens with one attached hydrogen (secondary N) is 2. The Balaban J connectivity index is 1.59. The molecule has 2 aromatic rings. The molecule has 28 heavy (non-hydrogen) atoms. The van der Waals surface area contributed by atoms with Crippen molar-refractivity contribution in [1.29, 1.82) is 0 Å². The second-order valence-electron chi connectivity index (χ2n) is 6.49. The molecule has 1 amide bonds. The molecule has 1 saturated heterocycles. The first-order chi connectivity index (χ1) is 13.3. The summed E-state index contributed by atoms with van der Waals surface area (Å²) in [5, 5.41) is 9.43. The van der Waals surface area contributed by atoms with Gasteiger partial charge in [0.05, 0.1) is 35.6 Å². The molecule has 1 fully saturated rings. The van der Waals surface area contributed by atoms with Crippen LogP contribution in [0.2, 0.25) is 0 Å². The number of carbonyl (C=O) groups excluding carboxylic acids is 1. The molecule has 2 aliphatic rings. The minimum Gasteiger partial charge on any atom is -0.381 e. The maximum Gasteiger partial charge on any atom is 0.263 e. The minimum atomic E-state index is -3.03. The summed E-state index contributed by atoms with van der Waals surface area (Å²) in [6, 6.07) is 1.71. The third-order valence-corrected chi connectivity index (χ3v) is 6.21. The third kappa shape index (κ3) is 3.38. The number of fused-ring (bicyclic) bond motifs is 1. The van der Waals surface area contributed by atoms with Crippen molar-refractivity contribution in [3.63, 3.8) is 0 Å². The topological polar surface area (TPSA) is 135 Å². The molecule has 2 aliphatic heterocycles. The number of pyridine rings is 1. The van der Waals surface area contributed by atoms with Crippen molar-refractivity contribution in [3.8, 4) is 0 Å². The van der Waals surface area contributed by atoms with Crippen molar-refractivity contribution in [2.45, 2.75) is 6.54 Å². The van der Waals surface area contributed by atoms with Crippen LogP contribution in [0.1, 0.15) is 10.4 Å². The van der Waals surface area contributed by atoms with Crippen LogP contribution in [0.15, 0.2) is 30.5 Å². The summed E-state index contributed by atoms with van der Waals surface area (Å²) in [6.07, 6.45) is 4.20. The molecule has 0 spiro atoms. The largest absolute Gasteiger partial charge is 0.381 e. The summed E-state index contributed by atoms with van der Waals surface area (Å²) in [7, 11) is -3.03. The molecule has 0 bridgehead atoms. The van der Waals surface area contributed by atoms with Crippen LogP contribution in [0.3, 0.4) is 0 Å². The van der Waals surface area contributed by atoms with Crippen LogP contribution < -0.4 is 21.3 Å². The summed E-state index contributed by atoms with van der Waals surface area (Å²) >= 11 is 0. The number of nitrogen functional groups attached to an aromatic ring is 1. The number of hydrogen-bond acceptors (Lipinski definition) is 8. The van der Waals surface area contributed by atoms with E-state index in [2.05, 4.69) is 20.7 Å². The number of nitrogens with zero attached hydrogens (tertiary/aromatic N) is 4. The van der Waals surface area contributed by atoms with Crippen molar-refractivity contribution >= 4 is 38.8 Å². The Morgan fingerprint density at radius 3 is 2.82 bits per heavy atom. The number of anilines is 4. The van der Waals surface area contributed by atoms with Crippen molar-refractivity contribution in [1.82, 2.24) is 14.8 Å². The van der Waals surface area contributed by atoms with Gasteiger partial charge in [0, 0.05) is 25.5 Å². The SMILES string of the molecule is Nc1nn2c(c1C(=O)Nc1cnccc1N1CCS(=O)(=O)CC1)NC=C(F)C2. The second kappa shape index (κ2) is 6.78. The number of rotatable bonds is 3. The Labute approximate surface area is 160 Å². The van der Waals surface area contributed by atoms with E-state index in [0.717, 1.165) is 6.20 Å². The molecule has 2 aromatic heterocycles. The van der Waals surface area contributed by atoms with Crippen LogP contribution in [0.4, 0.5) is 27.4 Å². The lowest BCUT2D eigenvalue weighted by molar-refractivity contribution is 0.102. The van der Waals surface area contributed by atoms with Gasteiger partial charge in [0.2, 0.25) is 0 Å². The van der Waals surface area contributed by atoms with E-state index in [9.17, 15) is 17.6 Å². The maximum atomic E-state index is 13.4. The van der Waals surface area contributed by atoms with Gasteiger partial charge in [0.25, 0.3) is 5.91 Å². The van der Waals surface area contributed by atoms with Crippen molar-refractivity contribution in [2.75, 3.05) is 45.9 Å². The van der Waals surface area contributed by atoms with Gasteiger partial charge in [0.1, 0.15) is 17.2 Å². The van der Waals surface area contributed by atoms with Gasteiger partial charge < -0.3 is 21.3 Å². The second-order valence-corrected chi connectivity index (χ2v) is 8.79. The van der Waals surface area contributed by atoms with Gasteiger partial charge in [-0.15, -0.1) is 0 Å². The van der Waals surface area contributed by atoms with E-state index in [0.29, 0.717) is 30.3 Å². The number of halogens is 1. The molecular formula is C16H18FN7O3S. The molecular weight excluding hydrogens is 389 g/mol. The molecule has 0 unspecified atom stereocenters. The number of sulfone groups is 1. The summed E-state index contributed by atoms with van der Waals surface area (Å²) in [4.78, 5) is 18.8. The standard InChI is InChI=1S/C16H18FN7O3S/c17-10-7-20-15-13(14(18)22-24(15)9-10)16(25)21-11-8-19-2-1-12(11)23-3-5-28(26,27)6-4-23/h1-2,7-8,20H,3-6,9H2,(H2,18,22)(H,21,25). The highest BCUT2D eigenvalue weighted by molar-refractivity contribution is 7.91. The summed E-state index contributed by atoms with van der Waals surface area (Å²) in [6.45, 7) is 0.540. The van der Waals surface area contributed by atoms with E-state index in [1.807, 2.05) is 4.90 Å². The number of aromatic nitrogens is 3. The molecule has 4 N–H and O–H groups in total. The van der Waals surface area contributed by atoms with Crippen molar-refractivity contribution < 1.29 is 17.6 Å². The van der Waals surface area contributed by atoms with Gasteiger partial charge in [-0.3, -0.25) is 9.78 Å². The van der Waals surface area contributed by atoms with E-state index in [4.69, 9.17) is 5.73 Å². The van der Waals surface area contributed by atoms with Crippen LogP contribution in [0, 0.1) is 0 Å². The fourth-order valence-corrected chi connectivity index (χ4v) is 4.40. The average Bonchev–Trinajstić information content (AvgIpc) is 2.97. The number of nitrogens with two attached hydrogens (primary N) is 1. The zero-order valence-corrected chi connectivity index (χ0v) is 15.5. The van der Waals surface area contributed by atoms with Gasteiger partial charge >= 0.3 is 0 Å². The van der Waals surface area contributed by atoms with Crippen LogP contribution in [-0.2, 0) is 16.4 Å². The van der Waals surface area contributed by atoms with E-state index < -0.39 is 21.6 Å². The number of amides is 1. The smallest absolute Gasteiger partial charge is 0.263 e. The molecule has 148 valence electrons. The van der Waals surface area contributed by atoms with E-state index in [1.165, 1.54) is 10.9 Å². The first-order valence-electron chi connectivity index (χ1n) is 8.52. The molecule has 0 aliphatic carbocycles. The fraction of sp³-hybridized carbons (Fsp3) is 0.312. The lowest BCUT2D eigenvalue weighted by atomic mass is 10.2. The van der Waals surface area contributed by atoms with E-state index in [1.54, 1.807) is 12.3 Å². The minimum absolute atomic E-state index is 0.0300. The molecule has 4 rings (SSSR count). The highest BCUT2D eigenvalue weighted by atomic mass is 32.2. The Morgan fingerprint density at radius 2 is 2.07 bits per heavy atom.